The molecule has 0 saturated carbocycles. The molecule has 0 aliphatic rings. The zero-order valence-corrected chi connectivity index (χ0v) is 13.6. The molecule has 2 N–H and O–H groups in total. The van der Waals surface area contributed by atoms with E-state index in [2.05, 4.69) is 24.5 Å². The molecule has 0 aliphatic heterocycles. The SMILES string of the molecule is CC(C)CCC(=O)Nc1ccc(NC(=O)C(C)(C)C)cc1. The van der Waals surface area contributed by atoms with Gasteiger partial charge in [0.1, 0.15) is 0 Å². The molecule has 0 aromatic heterocycles. The minimum Gasteiger partial charge on any atom is -0.326 e. The average Bonchev–Trinajstić information content (AvgIpc) is 2.37. The number of rotatable bonds is 5. The number of carbonyl (C=O) groups excluding carboxylic acids is 2. The lowest BCUT2D eigenvalue weighted by Crippen LogP contribution is -2.27. The van der Waals surface area contributed by atoms with Crippen LogP contribution in [0.1, 0.15) is 47.5 Å². The van der Waals surface area contributed by atoms with E-state index in [1.54, 1.807) is 24.3 Å². The highest BCUT2D eigenvalue weighted by atomic mass is 16.2. The van der Waals surface area contributed by atoms with Crippen LogP contribution in [0.15, 0.2) is 24.3 Å². The average molecular weight is 290 g/mol. The summed E-state index contributed by atoms with van der Waals surface area (Å²) in [6.45, 7) is 9.79. The maximum Gasteiger partial charge on any atom is 0.229 e. The molecular weight excluding hydrogens is 264 g/mol. The van der Waals surface area contributed by atoms with Gasteiger partial charge in [-0.15, -0.1) is 0 Å². The van der Waals surface area contributed by atoms with Gasteiger partial charge in [0.2, 0.25) is 11.8 Å². The van der Waals surface area contributed by atoms with Gasteiger partial charge in [-0.25, -0.2) is 0 Å². The smallest absolute Gasteiger partial charge is 0.229 e. The summed E-state index contributed by atoms with van der Waals surface area (Å²) >= 11 is 0. The molecule has 0 heterocycles. The standard InChI is InChI=1S/C17H26N2O2/c1-12(2)6-11-15(20)18-13-7-9-14(10-8-13)19-16(21)17(3,4)5/h7-10,12H,6,11H2,1-5H3,(H,18,20)(H,19,21). The second-order valence-electron chi connectivity index (χ2n) is 6.76. The number of benzene rings is 1. The van der Waals surface area contributed by atoms with Crippen LogP contribution in [0.2, 0.25) is 0 Å². The predicted molar refractivity (Wildman–Crippen MR) is 87.2 cm³/mol. The maximum absolute atomic E-state index is 11.9. The lowest BCUT2D eigenvalue weighted by Gasteiger charge is -2.17. The van der Waals surface area contributed by atoms with Crippen molar-refractivity contribution in [2.45, 2.75) is 47.5 Å². The van der Waals surface area contributed by atoms with Crippen molar-refractivity contribution in [1.29, 1.82) is 0 Å². The van der Waals surface area contributed by atoms with E-state index < -0.39 is 5.41 Å². The highest BCUT2D eigenvalue weighted by molar-refractivity contribution is 5.95. The molecule has 0 bridgehead atoms. The second kappa shape index (κ2) is 7.25. The minimum absolute atomic E-state index is 0.0233. The fourth-order valence-electron chi connectivity index (χ4n) is 1.60. The Kier molecular flexibility index (Phi) is 5.94. The first-order valence-electron chi connectivity index (χ1n) is 7.40. The summed E-state index contributed by atoms with van der Waals surface area (Å²) in [5.41, 5.74) is 1.05. The normalized spacial score (nSPS) is 11.3. The third-order valence-corrected chi connectivity index (χ3v) is 3.06. The number of hydrogen-bond donors (Lipinski definition) is 2. The lowest BCUT2D eigenvalue weighted by molar-refractivity contribution is -0.123. The van der Waals surface area contributed by atoms with E-state index >= 15 is 0 Å². The first kappa shape index (κ1) is 17.2. The third kappa shape index (κ3) is 6.43. The Balaban J connectivity index is 2.54. The fraction of sp³-hybridized carbons (Fsp3) is 0.529. The first-order chi connectivity index (χ1) is 9.68. The van der Waals surface area contributed by atoms with E-state index in [-0.39, 0.29) is 11.8 Å². The molecule has 4 nitrogen and oxygen atoms in total. The number of anilines is 2. The van der Waals surface area contributed by atoms with Gasteiger partial charge in [-0.2, -0.15) is 0 Å². The molecular formula is C17H26N2O2. The van der Waals surface area contributed by atoms with E-state index in [4.69, 9.17) is 0 Å². The molecule has 4 heteroatoms. The molecule has 0 aliphatic carbocycles. The molecule has 1 aromatic rings. The summed E-state index contributed by atoms with van der Waals surface area (Å²) in [5.74, 6) is 0.511. The number of amides is 2. The van der Waals surface area contributed by atoms with Crippen molar-refractivity contribution in [3.8, 4) is 0 Å². The van der Waals surface area contributed by atoms with Gasteiger partial charge in [-0.3, -0.25) is 9.59 Å². The third-order valence-electron chi connectivity index (χ3n) is 3.06. The molecule has 1 aromatic carbocycles. The molecule has 0 unspecified atom stereocenters. The monoisotopic (exact) mass is 290 g/mol. The van der Waals surface area contributed by atoms with Gasteiger partial charge in [0, 0.05) is 23.2 Å². The van der Waals surface area contributed by atoms with Crippen LogP contribution in [0.3, 0.4) is 0 Å². The van der Waals surface area contributed by atoms with E-state index in [0.29, 0.717) is 12.3 Å². The Hall–Kier alpha value is -1.84. The van der Waals surface area contributed by atoms with Gasteiger partial charge in [-0.1, -0.05) is 34.6 Å². The van der Waals surface area contributed by atoms with Crippen LogP contribution in [-0.4, -0.2) is 11.8 Å². The summed E-state index contributed by atoms with van der Waals surface area (Å²) in [6, 6.07) is 7.18. The Morgan fingerprint density at radius 3 is 1.90 bits per heavy atom. The summed E-state index contributed by atoms with van der Waals surface area (Å²) in [6.07, 6.45) is 1.41. The van der Waals surface area contributed by atoms with Crippen molar-refractivity contribution in [3.05, 3.63) is 24.3 Å². The van der Waals surface area contributed by atoms with Crippen molar-refractivity contribution in [3.63, 3.8) is 0 Å². The second-order valence-corrected chi connectivity index (χ2v) is 6.76. The van der Waals surface area contributed by atoms with Crippen LogP contribution < -0.4 is 10.6 Å². The lowest BCUT2D eigenvalue weighted by atomic mass is 9.95. The Labute approximate surface area is 127 Å². The Morgan fingerprint density at radius 1 is 1.00 bits per heavy atom. The van der Waals surface area contributed by atoms with Crippen LogP contribution in [0.25, 0.3) is 0 Å². The van der Waals surface area contributed by atoms with Gasteiger partial charge in [0.15, 0.2) is 0 Å². The fourth-order valence-corrected chi connectivity index (χ4v) is 1.60. The molecule has 0 radical (unpaired) electrons. The van der Waals surface area contributed by atoms with Crippen molar-refractivity contribution >= 4 is 23.2 Å². The summed E-state index contributed by atoms with van der Waals surface area (Å²) in [5, 5.41) is 5.71. The van der Waals surface area contributed by atoms with Crippen LogP contribution in [0, 0.1) is 11.3 Å². The zero-order valence-electron chi connectivity index (χ0n) is 13.6. The molecule has 0 atom stereocenters. The number of carbonyl (C=O) groups is 2. The molecule has 1 rings (SSSR count). The van der Waals surface area contributed by atoms with Crippen LogP contribution in [0.4, 0.5) is 11.4 Å². The highest BCUT2D eigenvalue weighted by Gasteiger charge is 2.20. The van der Waals surface area contributed by atoms with Crippen molar-refractivity contribution in [1.82, 2.24) is 0 Å². The van der Waals surface area contributed by atoms with Crippen molar-refractivity contribution in [2.24, 2.45) is 11.3 Å². The van der Waals surface area contributed by atoms with E-state index in [1.165, 1.54) is 0 Å². The zero-order chi connectivity index (χ0) is 16.0. The number of hydrogen-bond acceptors (Lipinski definition) is 2. The molecule has 0 saturated heterocycles. The summed E-state index contributed by atoms with van der Waals surface area (Å²) in [4.78, 5) is 23.6. The molecule has 2 amide bonds. The maximum atomic E-state index is 11.9. The molecule has 0 spiro atoms. The molecule has 21 heavy (non-hydrogen) atoms. The highest BCUT2D eigenvalue weighted by Crippen LogP contribution is 2.19. The Morgan fingerprint density at radius 2 is 1.48 bits per heavy atom. The van der Waals surface area contributed by atoms with Crippen molar-refractivity contribution < 1.29 is 9.59 Å². The van der Waals surface area contributed by atoms with Crippen LogP contribution >= 0.6 is 0 Å². The summed E-state index contributed by atoms with van der Waals surface area (Å²) < 4.78 is 0. The predicted octanol–water partition coefficient (Wildman–Crippen LogP) is 4.05. The Bertz CT molecular complexity index is 485. The molecule has 0 fully saturated rings. The van der Waals surface area contributed by atoms with Crippen LogP contribution in [0.5, 0.6) is 0 Å². The molecule has 116 valence electrons. The van der Waals surface area contributed by atoms with Crippen molar-refractivity contribution in [2.75, 3.05) is 10.6 Å². The largest absolute Gasteiger partial charge is 0.326 e. The minimum atomic E-state index is -0.427. The van der Waals surface area contributed by atoms with E-state index in [0.717, 1.165) is 17.8 Å². The first-order valence-corrected chi connectivity index (χ1v) is 7.40. The van der Waals surface area contributed by atoms with Gasteiger partial charge in [-0.05, 0) is 36.6 Å². The quantitative estimate of drug-likeness (QED) is 0.859. The van der Waals surface area contributed by atoms with Gasteiger partial charge in [0.05, 0.1) is 0 Å². The van der Waals surface area contributed by atoms with E-state index in [9.17, 15) is 9.59 Å². The summed E-state index contributed by atoms with van der Waals surface area (Å²) in [7, 11) is 0. The van der Waals surface area contributed by atoms with Gasteiger partial charge >= 0.3 is 0 Å². The van der Waals surface area contributed by atoms with Gasteiger partial charge in [0.25, 0.3) is 0 Å². The number of nitrogens with one attached hydrogen (secondary N) is 2. The van der Waals surface area contributed by atoms with E-state index in [1.807, 2.05) is 20.8 Å². The van der Waals surface area contributed by atoms with Crippen LogP contribution in [-0.2, 0) is 9.59 Å². The van der Waals surface area contributed by atoms with Gasteiger partial charge < -0.3 is 10.6 Å². The topological polar surface area (TPSA) is 58.2 Å².